The molecule has 0 saturated heterocycles. The van der Waals surface area contributed by atoms with E-state index in [0.29, 0.717) is 0 Å². The molecule has 0 atom stereocenters. The average Bonchev–Trinajstić information content (AvgIpc) is 2.06. The van der Waals surface area contributed by atoms with Gasteiger partial charge in [0.2, 0.25) is 0 Å². The summed E-state index contributed by atoms with van der Waals surface area (Å²) in [5, 5.41) is 3.68. The highest BCUT2D eigenvalue weighted by Gasteiger charge is 2.30. The van der Waals surface area contributed by atoms with Gasteiger partial charge in [0, 0.05) is 6.04 Å². The van der Waals surface area contributed by atoms with Crippen LogP contribution in [0.4, 0.5) is 0 Å². The van der Waals surface area contributed by atoms with Gasteiger partial charge < -0.3 is 5.32 Å². The summed E-state index contributed by atoms with van der Waals surface area (Å²) >= 11 is 0. The molecule has 0 aliphatic heterocycles. The van der Waals surface area contributed by atoms with Crippen LogP contribution in [-0.2, 0) is 0 Å². The van der Waals surface area contributed by atoms with Gasteiger partial charge in [0.05, 0.1) is 0 Å². The molecule has 0 aromatic rings. The van der Waals surface area contributed by atoms with Crippen molar-refractivity contribution in [3.05, 3.63) is 0 Å². The van der Waals surface area contributed by atoms with Crippen LogP contribution < -0.4 is 5.32 Å². The van der Waals surface area contributed by atoms with E-state index >= 15 is 0 Å². The molecule has 1 aliphatic rings. The Kier molecular flexibility index (Phi) is 5.66. The first kappa shape index (κ1) is 13.0. The lowest BCUT2D eigenvalue weighted by Gasteiger charge is -2.38. The van der Waals surface area contributed by atoms with E-state index in [1.54, 1.807) is 0 Å². The quantitative estimate of drug-likeness (QED) is 0.631. The van der Waals surface area contributed by atoms with Crippen LogP contribution in [0.1, 0.15) is 59.8 Å². The molecule has 0 spiro atoms. The van der Waals surface area contributed by atoms with Gasteiger partial charge in [0.15, 0.2) is 0 Å². The number of nitrogens with one attached hydrogen (secondary N) is 1. The molecule has 0 bridgehead atoms. The number of hydrogen-bond acceptors (Lipinski definition) is 1. The fraction of sp³-hybridized carbons (Fsp3) is 1.00. The molecular weight excluding hydrogens is 182 g/mol. The van der Waals surface area contributed by atoms with Crippen molar-refractivity contribution < 1.29 is 0 Å². The standard InChI is InChI=1S/C14H29N/c1-11(2)7-5-6-8-15-14-9-13(10-14)12(3)4/h11-15H,5-10H2,1-4H3. The minimum Gasteiger partial charge on any atom is -0.314 e. The summed E-state index contributed by atoms with van der Waals surface area (Å²) in [5.41, 5.74) is 0. The summed E-state index contributed by atoms with van der Waals surface area (Å²) in [7, 11) is 0. The van der Waals surface area contributed by atoms with Crippen molar-refractivity contribution in [1.82, 2.24) is 5.32 Å². The van der Waals surface area contributed by atoms with Gasteiger partial charge in [-0.2, -0.15) is 0 Å². The zero-order chi connectivity index (χ0) is 11.3. The topological polar surface area (TPSA) is 12.0 Å². The predicted octanol–water partition coefficient (Wildman–Crippen LogP) is 3.84. The molecule has 1 N–H and O–H groups in total. The highest BCUT2D eigenvalue weighted by molar-refractivity contribution is 4.86. The molecule has 1 aliphatic carbocycles. The second-order valence-electron chi connectivity index (χ2n) is 6.02. The van der Waals surface area contributed by atoms with Gasteiger partial charge in [0.25, 0.3) is 0 Å². The summed E-state index contributed by atoms with van der Waals surface area (Å²) in [4.78, 5) is 0. The summed E-state index contributed by atoms with van der Waals surface area (Å²) in [6.07, 6.45) is 6.98. The van der Waals surface area contributed by atoms with Gasteiger partial charge in [-0.15, -0.1) is 0 Å². The Labute approximate surface area is 96.0 Å². The van der Waals surface area contributed by atoms with Gasteiger partial charge >= 0.3 is 0 Å². The Bertz CT molecular complexity index is 157. The van der Waals surface area contributed by atoms with Crippen molar-refractivity contribution in [2.45, 2.75) is 65.8 Å². The van der Waals surface area contributed by atoms with E-state index in [2.05, 4.69) is 33.0 Å². The summed E-state index contributed by atoms with van der Waals surface area (Å²) < 4.78 is 0. The lowest BCUT2D eigenvalue weighted by molar-refractivity contribution is 0.168. The van der Waals surface area contributed by atoms with Gasteiger partial charge in [0.1, 0.15) is 0 Å². The zero-order valence-electron chi connectivity index (χ0n) is 11.1. The highest BCUT2D eigenvalue weighted by atomic mass is 14.9. The fourth-order valence-electron chi connectivity index (χ4n) is 2.36. The maximum atomic E-state index is 3.68. The molecule has 0 aromatic carbocycles. The van der Waals surface area contributed by atoms with Crippen molar-refractivity contribution in [2.75, 3.05) is 6.54 Å². The van der Waals surface area contributed by atoms with E-state index in [1.165, 1.54) is 38.6 Å². The maximum absolute atomic E-state index is 3.68. The largest absolute Gasteiger partial charge is 0.314 e. The zero-order valence-corrected chi connectivity index (χ0v) is 11.1. The smallest absolute Gasteiger partial charge is 0.00725 e. The van der Waals surface area contributed by atoms with Gasteiger partial charge in [-0.1, -0.05) is 40.5 Å². The van der Waals surface area contributed by atoms with Crippen molar-refractivity contribution in [2.24, 2.45) is 17.8 Å². The van der Waals surface area contributed by atoms with Gasteiger partial charge in [-0.05, 0) is 43.6 Å². The normalized spacial score (nSPS) is 26.0. The maximum Gasteiger partial charge on any atom is 0.00725 e. The molecule has 1 heteroatoms. The second kappa shape index (κ2) is 6.52. The first-order chi connectivity index (χ1) is 7.09. The molecule has 1 fully saturated rings. The van der Waals surface area contributed by atoms with Crippen LogP contribution in [0.15, 0.2) is 0 Å². The van der Waals surface area contributed by atoms with E-state index in [9.17, 15) is 0 Å². The molecule has 90 valence electrons. The molecule has 0 radical (unpaired) electrons. The Hall–Kier alpha value is -0.0400. The Morgan fingerprint density at radius 2 is 1.73 bits per heavy atom. The van der Waals surface area contributed by atoms with Crippen LogP contribution in [0, 0.1) is 17.8 Å². The van der Waals surface area contributed by atoms with Crippen LogP contribution in [-0.4, -0.2) is 12.6 Å². The molecule has 15 heavy (non-hydrogen) atoms. The molecule has 0 aromatic heterocycles. The van der Waals surface area contributed by atoms with Crippen molar-refractivity contribution >= 4 is 0 Å². The van der Waals surface area contributed by atoms with Gasteiger partial charge in [-0.3, -0.25) is 0 Å². The molecule has 1 saturated carbocycles. The fourth-order valence-corrected chi connectivity index (χ4v) is 2.36. The van der Waals surface area contributed by atoms with Crippen LogP contribution in [0.5, 0.6) is 0 Å². The third-order valence-corrected chi connectivity index (χ3v) is 3.76. The van der Waals surface area contributed by atoms with Crippen LogP contribution in [0.3, 0.4) is 0 Å². The van der Waals surface area contributed by atoms with E-state index in [4.69, 9.17) is 0 Å². The first-order valence-electron chi connectivity index (χ1n) is 6.83. The minimum absolute atomic E-state index is 0.844. The number of unbranched alkanes of at least 4 members (excludes halogenated alkanes) is 1. The lowest BCUT2D eigenvalue weighted by Crippen LogP contribution is -2.43. The SMILES string of the molecule is CC(C)CCCCNC1CC(C(C)C)C1. The lowest BCUT2D eigenvalue weighted by atomic mass is 9.74. The van der Waals surface area contributed by atoms with E-state index < -0.39 is 0 Å². The molecule has 0 heterocycles. The minimum atomic E-state index is 0.844. The summed E-state index contributed by atoms with van der Waals surface area (Å²) in [6.45, 7) is 10.6. The Balaban J connectivity index is 1.86. The molecule has 1 nitrogen and oxygen atoms in total. The molecule has 0 amide bonds. The van der Waals surface area contributed by atoms with Crippen molar-refractivity contribution in [1.29, 1.82) is 0 Å². The average molecular weight is 211 g/mol. The van der Waals surface area contributed by atoms with E-state index in [0.717, 1.165) is 23.8 Å². The van der Waals surface area contributed by atoms with Crippen LogP contribution in [0.25, 0.3) is 0 Å². The third kappa shape index (κ3) is 5.01. The summed E-state index contributed by atoms with van der Waals surface area (Å²) in [6, 6.07) is 0.844. The Morgan fingerprint density at radius 1 is 1.07 bits per heavy atom. The summed E-state index contributed by atoms with van der Waals surface area (Å²) in [5.74, 6) is 2.76. The van der Waals surface area contributed by atoms with Crippen LogP contribution in [0.2, 0.25) is 0 Å². The third-order valence-electron chi connectivity index (χ3n) is 3.76. The van der Waals surface area contributed by atoms with E-state index in [1.807, 2.05) is 0 Å². The van der Waals surface area contributed by atoms with E-state index in [-0.39, 0.29) is 0 Å². The monoisotopic (exact) mass is 211 g/mol. The molecule has 0 unspecified atom stereocenters. The number of rotatable bonds is 7. The highest BCUT2D eigenvalue weighted by Crippen LogP contribution is 2.33. The first-order valence-corrected chi connectivity index (χ1v) is 6.83. The second-order valence-corrected chi connectivity index (χ2v) is 6.02. The van der Waals surface area contributed by atoms with Crippen molar-refractivity contribution in [3.8, 4) is 0 Å². The predicted molar refractivity (Wildman–Crippen MR) is 68.0 cm³/mol. The number of hydrogen-bond donors (Lipinski definition) is 1. The van der Waals surface area contributed by atoms with Gasteiger partial charge in [-0.25, -0.2) is 0 Å². The van der Waals surface area contributed by atoms with Crippen LogP contribution >= 0.6 is 0 Å². The Morgan fingerprint density at radius 3 is 2.27 bits per heavy atom. The van der Waals surface area contributed by atoms with Crippen molar-refractivity contribution in [3.63, 3.8) is 0 Å². The molecular formula is C14H29N. The molecule has 1 rings (SSSR count).